The number of rotatable bonds is 1. The third-order valence-corrected chi connectivity index (χ3v) is 4.25. The standard InChI is InChI=1S/C9H3Cl3N4OS/c10-3-1-4(11)7(17)5(6(3)12)8-15-16-2-13-14-9(16)18-8/h1-2,17H. The highest BCUT2D eigenvalue weighted by Crippen LogP contribution is 2.45. The lowest BCUT2D eigenvalue weighted by atomic mass is 10.2. The number of fused-ring (bicyclic) bond motifs is 1. The largest absolute Gasteiger partial charge is 0.506 e. The molecule has 1 aromatic carbocycles. The summed E-state index contributed by atoms with van der Waals surface area (Å²) in [6.07, 6.45) is 1.45. The van der Waals surface area contributed by atoms with Gasteiger partial charge in [0.2, 0.25) is 4.96 Å². The number of hydrogen-bond donors (Lipinski definition) is 1. The van der Waals surface area contributed by atoms with Gasteiger partial charge >= 0.3 is 0 Å². The summed E-state index contributed by atoms with van der Waals surface area (Å²) in [6, 6.07) is 1.38. The molecule has 3 rings (SSSR count). The van der Waals surface area contributed by atoms with Crippen LogP contribution in [0.4, 0.5) is 0 Å². The van der Waals surface area contributed by atoms with E-state index in [1.807, 2.05) is 0 Å². The van der Waals surface area contributed by atoms with Crippen LogP contribution in [-0.4, -0.2) is 24.9 Å². The molecule has 2 heterocycles. The van der Waals surface area contributed by atoms with Crippen molar-refractivity contribution in [3.63, 3.8) is 0 Å². The minimum Gasteiger partial charge on any atom is -0.506 e. The van der Waals surface area contributed by atoms with Gasteiger partial charge in [0, 0.05) is 0 Å². The summed E-state index contributed by atoms with van der Waals surface area (Å²) in [4.78, 5) is 0.580. The minimum atomic E-state index is -0.156. The summed E-state index contributed by atoms with van der Waals surface area (Å²) in [7, 11) is 0. The van der Waals surface area contributed by atoms with E-state index < -0.39 is 0 Å². The Morgan fingerprint density at radius 3 is 2.72 bits per heavy atom. The molecular formula is C9H3Cl3N4OS. The maximum atomic E-state index is 9.97. The lowest BCUT2D eigenvalue weighted by Crippen LogP contribution is -1.86. The summed E-state index contributed by atoms with van der Waals surface area (Å²) in [6.45, 7) is 0. The van der Waals surface area contributed by atoms with Gasteiger partial charge in [-0.05, 0) is 6.07 Å². The van der Waals surface area contributed by atoms with E-state index in [2.05, 4.69) is 15.3 Å². The summed E-state index contributed by atoms with van der Waals surface area (Å²) < 4.78 is 1.48. The number of phenols is 1. The molecule has 5 nitrogen and oxygen atoms in total. The van der Waals surface area contributed by atoms with E-state index in [-0.39, 0.29) is 20.8 Å². The molecule has 0 amide bonds. The molecule has 92 valence electrons. The molecular weight excluding hydrogens is 319 g/mol. The molecule has 0 fully saturated rings. The van der Waals surface area contributed by atoms with Crippen LogP contribution in [-0.2, 0) is 0 Å². The highest BCUT2D eigenvalue weighted by Gasteiger charge is 2.20. The Hall–Kier alpha value is -1.08. The van der Waals surface area contributed by atoms with Crippen LogP contribution in [0.1, 0.15) is 0 Å². The van der Waals surface area contributed by atoms with Gasteiger partial charge in [-0.15, -0.1) is 10.2 Å². The van der Waals surface area contributed by atoms with Crippen LogP contribution in [0.15, 0.2) is 12.4 Å². The molecule has 0 atom stereocenters. The molecule has 0 unspecified atom stereocenters. The number of phenolic OH excluding ortho intramolecular Hbond substituents is 1. The zero-order valence-electron chi connectivity index (χ0n) is 8.43. The van der Waals surface area contributed by atoms with Gasteiger partial charge < -0.3 is 5.11 Å². The van der Waals surface area contributed by atoms with Crippen LogP contribution in [0, 0.1) is 0 Å². The van der Waals surface area contributed by atoms with Crippen molar-refractivity contribution in [1.82, 2.24) is 19.8 Å². The third-order valence-electron chi connectivity index (χ3n) is 2.25. The minimum absolute atomic E-state index is 0.116. The Kier molecular flexibility index (Phi) is 2.82. The van der Waals surface area contributed by atoms with Gasteiger partial charge in [-0.25, -0.2) is 0 Å². The summed E-state index contributed by atoms with van der Waals surface area (Å²) in [5.74, 6) is -0.156. The fraction of sp³-hybridized carbons (Fsp3) is 0. The molecule has 0 spiro atoms. The average Bonchev–Trinajstić information content (AvgIpc) is 2.87. The predicted octanol–water partition coefficient (Wildman–Crippen LogP) is 3.52. The van der Waals surface area contributed by atoms with Gasteiger partial charge in [-0.2, -0.15) is 9.61 Å². The Bertz CT molecular complexity index is 699. The number of hydrogen-bond acceptors (Lipinski definition) is 5. The van der Waals surface area contributed by atoms with Gasteiger partial charge in [-0.3, -0.25) is 0 Å². The Labute approximate surface area is 120 Å². The first-order chi connectivity index (χ1) is 8.58. The van der Waals surface area contributed by atoms with Crippen LogP contribution in [0.25, 0.3) is 15.5 Å². The molecule has 3 aromatic rings. The molecule has 0 bridgehead atoms. The first kappa shape index (κ1) is 12.0. The van der Waals surface area contributed by atoms with Crippen LogP contribution in [0.2, 0.25) is 15.1 Å². The molecule has 2 aromatic heterocycles. The Morgan fingerprint density at radius 1 is 1.22 bits per heavy atom. The summed E-state index contributed by atoms with van der Waals surface area (Å²) in [5.41, 5.74) is 0.296. The second kappa shape index (κ2) is 4.24. The molecule has 0 saturated heterocycles. The zero-order chi connectivity index (χ0) is 12.9. The quantitative estimate of drug-likeness (QED) is 0.697. The predicted molar refractivity (Wildman–Crippen MR) is 70.8 cm³/mol. The highest BCUT2D eigenvalue weighted by atomic mass is 35.5. The van der Waals surface area contributed by atoms with Crippen molar-refractivity contribution in [1.29, 1.82) is 0 Å². The summed E-state index contributed by atoms with van der Waals surface area (Å²) >= 11 is 19.1. The van der Waals surface area contributed by atoms with Gasteiger partial charge in [0.15, 0.2) is 5.01 Å². The fourth-order valence-corrected chi connectivity index (χ4v) is 3.07. The van der Waals surface area contributed by atoms with E-state index in [0.29, 0.717) is 15.5 Å². The maximum absolute atomic E-state index is 9.97. The summed E-state index contributed by atoms with van der Waals surface area (Å²) in [5, 5.41) is 22.7. The van der Waals surface area contributed by atoms with Gasteiger partial charge in [0.25, 0.3) is 0 Å². The third kappa shape index (κ3) is 1.73. The number of aromatic hydroxyl groups is 1. The number of aromatic nitrogens is 4. The van der Waals surface area contributed by atoms with Crippen molar-refractivity contribution in [3.8, 4) is 16.3 Å². The molecule has 0 saturated carbocycles. The van der Waals surface area contributed by atoms with E-state index >= 15 is 0 Å². The lowest BCUT2D eigenvalue weighted by molar-refractivity contribution is 0.477. The Morgan fingerprint density at radius 2 is 2.00 bits per heavy atom. The topological polar surface area (TPSA) is 63.3 Å². The van der Waals surface area contributed by atoms with Gasteiger partial charge in [0.1, 0.15) is 12.1 Å². The SMILES string of the molecule is Oc1c(Cl)cc(Cl)c(Cl)c1-c1nn2cnnc2s1. The normalized spacial score (nSPS) is 11.3. The smallest absolute Gasteiger partial charge is 0.234 e. The van der Waals surface area contributed by atoms with Gasteiger partial charge in [0.05, 0.1) is 20.6 Å². The van der Waals surface area contributed by atoms with E-state index in [0.717, 1.165) is 0 Å². The number of nitrogens with zero attached hydrogens (tertiary/aromatic N) is 4. The van der Waals surface area contributed by atoms with Crippen LogP contribution >= 0.6 is 46.1 Å². The van der Waals surface area contributed by atoms with Crippen LogP contribution in [0.3, 0.4) is 0 Å². The lowest BCUT2D eigenvalue weighted by Gasteiger charge is -2.07. The average molecular weight is 322 g/mol. The van der Waals surface area contributed by atoms with E-state index in [1.54, 1.807) is 0 Å². The van der Waals surface area contributed by atoms with E-state index in [9.17, 15) is 5.11 Å². The van der Waals surface area contributed by atoms with Crippen molar-refractivity contribution in [2.24, 2.45) is 0 Å². The van der Waals surface area contributed by atoms with Crippen molar-refractivity contribution in [2.45, 2.75) is 0 Å². The van der Waals surface area contributed by atoms with Crippen LogP contribution < -0.4 is 0 Å². The highest BCUT2D eigenvalue weighted by molar-refractivity contribution is 7.19. The molecule has 9 heteroatoms. The second-order valence-corrected chi connectivity index (χ2v) is 5.49. The van der Waals surface area contributed by atoms with Crippen molar-refractivity contribution < 1.29 is 5.11 Å². The Balaban J connectivity index is 2.31. The molecule has 0 aliphatic rings. The van der Waals surface area contributed by atoms with Crippen LogP contribution in [0.5, 0.6) is 5.75 Å². The number of halogens is 3. The van der Waals surface area contributed by atoms with Crippen molar-refractivity contribution in [2.75, 3.05) is 0 Å². The molecule has 0 aliphatic carbocycles. The van der Waals surface area contributed by atoms with Crippen molar-refractivity contribution in [3.05, 3.63) is 27.5 Å². The first-order valence-electron chi connectivity index (χ1n) is 4.61. The van der Waals surface area contributed by atoms with Crippen molar-refractivity contribution >= 4 is 51.1 Å². The second-order valence-electron chi connectivity index (χ2n) is 3.34. The van der Waals surface area contributed by atoms with E-state index in [4.69, 9.17) is 34.8 Å². The maximum Gasteiger partial charge on any atom is 0.234 e. The molecule has 0 radical (unpaired) electrons. The number of benzene rings is 1. The monoisotopic (exact) mass is 320 g/mol. The molecule has 0 aliphatic heterocycles. The fourth-order valence-electron chi connectivity index (χ4n) is 1.44. The van der Waals surface area contributed by atoms with E-state index in [1.165, 1.54) is 28.2 Å². The zero-order valence-corrected chi connectivity index (χ0v) is 11.5. The molecule has 1 N–H and O–H groups in total. The van der Waals surface area contributed by atoms with Gasteiger partial charge in [-0.1, -0.05) is 46.1 Å². The molecule has 18 heavy (non-hydrogen) atoms. The first-order valence-corrected chi connectivity index (χ1v) is 6.56.